The Morgan fingerprint density at radius 2 is 1.91 bits per heavy atom. The summed E-state index contributed by atoms with van der Waals surface area (Å²) in [6, 6.07) is 5.61. The standard InChI is InChI=1S/C16H22F3N3S/c1-2-9-22-10-7-12(8-11-22)20-15(23)21-14-6-4-3-5-13(14)16(17,18)19/h3-6,12H,2,7-11H2,1H3,(H2,20,21,23)/p+1. The van der Waals surface area contributed by atoms with E-state index in [2.05, 4.69) is 17.6 Å². The maximum absolute atomic E-state index is 13.0. The van der Waals surface area contributed by atoms with Crippen molar-refractivity contribution in [1.29, 1.82) is 0 Å². The largest absolute Gasteiger partial charge is 0.418 e. The molecule has 1 aliphatic rings. The summed E-state index contributed by atoms with van der Waals surface area (Å²) in [5, 5.41) is 6.10. The summed E-state index contributed by atoms with van der Waals surface area (Å²) in [5.74, 6) is 0. The highest BCUT2D eigenvalue weighted by molar-refractivity contribution is 7.80. The van der Waals surface area contributed by atoms with Crippen LogP contribution in [0.3, 0.4) is 0 Å². The minimum atomic E-state index is -4.39. The van der Waals surface area contributed by atoms with Gasteiger partial charge < -0.3 is 15.5 Å². The van der Waals surface area contributed by atoms with E-state index in [0.717, 1.165) is 32.0 Å². The number of halogens is 3. The number of anilines is 1. The first kappa shape index (κ1) is 18.0. The molecule has 0 bridgehead atoms. The van der Waals surface area contributed by atoms with E-state index in [0.29, 0.717) is 0 Å². The molecule has 1 heterocycles. The third-order valence-electron chi connectivity index (χ3n) is 4.11. The van der Waals surface area contributed by atoms with Crippen LogP contribution in [0.2, 0.25) is 0 Å². The number of para-hydroxylation sites is 1. The van der Waals surface area contributed by atoms with Crippen LogP contribution in [0.5, 0.6) is 0 Å². The lowest BCUT2D eigenvalue weighted by atomic mass is 10.1. The second-order valence-electron chi connectivity index (χ2n) is 5.92. The monoisotopic (exact) mass is 346 g/mol. The van der Waals surface area contributed by atoms with Crippen molar-refractivity contribution in [2.24, 2.45) is 0 Å². The highest BCUT2D eigenvalue weighted by Gasteiger charge is 2.33. The lowest BCUT2D eigenvalue weighted by Gasteiger charge is -2.30. The van der Waals surface area contributed by atoms with E-state index >= 15 is 0 Å². The number of hydrogen-bond acceptors (Lipinski definition) is 1. The minimum absolute atomic E-state index is 0.00783. The fourth-order valence-corrected chi connectivity index (χ4v) is 3.23. The zero-order chi connectivity index (χ0) is 16.9. The molecule has 128 valence electrons. The molecular weight excluding hydrogens is 323 g/mol. The van der Waals surface area contributed by atoms with Gasteiger partial charge in [-0.2, -0.15) is 13.2 Å². The van der Waals surface area contributed by atoms with E-state index in [1.165, 1.54) is 25.1 Å². The normalized spacial score (nSPS) is 21.7. The quantitative estimate of drug-likeness (QED) is 0.732. The van der Waals surface area contributed by atoms with Gasteiger partial charge in [-0.25, -0.2) is 0 Å². The van der Waals surface area contributed by atoms with Crippen molar-refractivity contribution >= 4 is 23.0 Å². The number of likely N-dealkylation sites (tertiary alicyclic amines) is 1. The zero-order valence-corrected chi connectivity index (χ0v) is 14.0. The summed E-state index contributed by atoms with van der Waals surface area (Å²) < 4.78 is 38.9. The number of quaternary nitrogens is 1. The van der Waals surface area contributed by atoms with Gasteiger partial charge in [0.25, 0.3) is 0 Å². The van der Waals surface area contributed by atoms with E-state index in [9.17, 15) is 13.2 Å². The van der Waals surface area contributed by atoms with Crippen molar-refractivity contribution in [3.63, 3.8) is 0 Å². The van der Waals surface area contributed by atoms with Crippen molar-refractivity contribution in [2.45, 2.75) is 38.4 Å². The van der Waals surface area contributed by atoms with Crippen molar-refractivity contribution in [3.05, 3.63) is 29.8 Å². The van der Waals surface area contributed by atoms with Gasteiger partial charge >= 0.3 is 6.18 Å². The lowest BCUT2D eigenvalue weighted by Crippen LogP contribution is -3.13. The minimum Gasteiger partial charge on any atom is -0.359 e. The highest BCUT2D eigenvalue weighted by Crippen LogP contribution is 2.34. The lowest BCUT2D eigenvalue weighted by molar-refractivity contribution is -0.905. The first-order chi connectivity index (χ1) is 10.9. The predicted octanol–water partition coefficient (Wildman–Crippen LogP) is 2.45. The SMILES string of the molecule is CCC[NH+]1CCC(NC(=S)Nc2ccccc2C(F)(F)F)CC1. The number of benzene rings is 1. The Bertz CT molecular complexity index is 526. The van der Waals surface area contributed by atoms with Gasteiger partial charge in [0.05, 0.1) is 30.9 Å². The second-order valence-corrected chi connectivity index (χ2v) is 6.32. The van der Waals surface area contributed by atoms with Gasteiger partial charge in [0.15, 0.2) is 5.11 Å². The maximum atomic E-state index is 13.0. The zero-order valence-electron chi connectivity index (χ0n) is 13.2. The fraction of sp³-hybridized carbons (Fsp3) is 0.562. The number of nitrogens with one attached hydrogen (secondary N) is 3. The molecule has 1 fully saturated rings. The van der Waals surface area contributed by atoms with Crippen LogP contribution in [0, 0.1) is 0 Å². The molecule has 0 aromatic heterocycles. The first-order valence-electron chi connectivity index (χ1n) is 7.97. The van der Waals surface area contributed by atoms with E-state index in [4.69, 9.17) is 12.2 Å². The van der Waals surface area contributed by atoms with Gasteiger partial charge in [0.2, 0.25) is 0 Å². The Morgan fingerprint density at radius 1 is 1.26 bits per heavy atom. The molecule has 23 heavy (non-hydrogen) atoms. The summed E-state index contributed by atoms with van der Waals surface area (Å²) in [4.78, 5) is 1.59. The Morgan fingerprint density at radius 3 is 2.52 bits per heavy atom. The van der Waals surface area contributed by atoms with Crippen molar-refractivity contribution < 1.29 is 18.1 Å². The second kappa shape index (κ2) is 7.97. The molecule has 1 aromatic carbocycles. The molecule has 1 aliphatic heterocycles. The molecular formula is C16H23F3N3S+. The number of hydrogen-bond donors (Lipinski definition) is 3. The predicted molar refractivity (Wildman–Crippen MR) is 89.7 cm³/mol. The average Bonchev–Trinajstić information content (AvgIpc) is 2.49. The molecule has 2 rings (SSSR count). The molecule has 0 saturated carbocycles. The first-order valence-corrected chi connectivity index (χ1v) is 8.38. The van der Waals surface area contributed by atoms with Gasteiger partial charge in [-0.3, -0.25) is 0 Å². The Balaban J connectivity index is 1.89. The number of alkyl halides is 3. The highest BCUT2D eigenvalue weighted by atomic mass is 32.1. The molecule has 1 saturated heterocycles. The fourth-order valence-electron chi connectivity index (χ4n) is 2.96. The molecule has 0 aliphatic carbocycles. The maximum Gasteiger partial charge on any atom is 0.418 e. The van der Waals surface area contributed by atoms with Crippen molar-refractivity contribution in [2.75, 3.05) is 25.0 Å². The smallest absolute Gasteiger partial charge is 0.359 e. The third kappa shape index (κ3) is 5.35. The summed E-state index contributed by atoms with van der Waals surface area (Å²) in [6.07, 6.45) is -1.26. The third-order valence-corrected chi connectivity index (χ3v) is 4.33. The Kier molecular flexibility index (Phi) is 6.24. The van der Waals surface area contributed by atoms with Crippen LogP contribution in [0.25, 0.3) is 0 Å². The molecule has 7 heteroatoms. The van der Waals surface area contributed by atoms with Crippen LogP contribution in [-0.4, -0.2) is 30.8 Å². The van der Waals surface area contributed by atoms with Crippen LogP contribution >= 0.6 is 12.2 Å². The van der Waals surface area contributed by atoms with Crippen LogP contribution in [-0.2, 0) is 6.18 Å². The summed E-state index contributed by atoms with van der Waals surface area (Å²) >= 11 is 5.18. The molecule has 0 amide bonds. The van der Waals surface area contributed by atoms with E-state index in [1.54, 1.807) is 11.0 Å². The molecule has 3 N–H and O–H groups in total. The van der Waals surface area contributed by atoms with Crippen LogP contribution in [0.1, 0.15) is 31.7 Å². The molecule has 0 atom stereocenters. The van der Waals surface area contributed by atoms with Gasteiger partial charge in [-0.1, -0.05) is 19.1 Å². The van der Waals surface area contributed by atoms with Crippen LogP contribution < -0.4 is 15.5 Å². The molecule has 0 radical (unpaired) electrons. The van der Waals surface area contributed by atoms with E-state index in [1.807, 2.05) is 0 Å². The topological polar surface area (TPSA) is 28.5 Å². The van der Waals surface area contributed by atoms with Crippen molar-refractivity contribution in [1.82, 2.24) is 5.32 Å². The molecule has 0 spiro atoms. The summed E-state index contributed by atoms with van der Waals surface area (Å²) in [6.45, 7) is 5.50. The number of thiocarbonyl (C=S) groups is 1. The number of rotatable bonds is 4. The van der Waals surface area contributed by atoms with Gasteiger partial charge in [0, 0.05) is 18.9 Å². The van der Waals surface area contributed by atoms with E-state index < -0.39 is 11.7 Å². The Hall–Kier alpha value is -1.34. The summed E-state index contributed by atoms with van der Waals surface area (Å²) in [5.41, 5.74) is -0.710. The summed E-state index contributed by atoms with van der Waals surface area (Å²) in [7, 11) is 0. The molecule has 3 nitrogen and oxygen atoms in total. The molecule has 0 unspecified atom stereocenters. The van der Waals surface area contributed by atoms with Gasteiger partial charge in [-0.05, 0) is 30.8 Å². The average molecular weight is 346 g/mol. The van der Waals surface area contributed by atoms with Gasteiger partial charge in [0.1, 0.15) is 0 Å². The van der Waals surface area contributed by atoms with Crippen LogP contribution in [0.4, 0.5) is 18.9 Å². The van der Waals surface area contributed by atoms with Crippen LogP contribution in [0.15, 0.2) is 24.3 Å². The number of piperidine rings is 1. The van der Waals surface area contributed by atoms with Gasteiger partial charge in [-0.15, -0.1) is 0 Å². The molecule has 1 aromatic rings. The van der Waals surface area contributed by atoms with Crippen molar-refractivity contribution in [3.8, 4) is 0 Å². The van der Waals surface area contributed by atoms with E-state index in [-0.39, 0.29) is 16.8 Å². The Labute approximate surface area is 140 Å².